The molecule has 0 bridgehead atoms. The maximum atomic E-state index is 4.56. The Morgan fingerprint density at radius 1 is 1.22 bits per heavy atom. The maximum Gasteiger partial charge on any atom is 0.191 e. The molecule has 1 aromatic heterocycles. The van der Waals surface area contributed by atoms with Gasteiger partial charge in [0.15, 0.2) is 5.96 Å². The summed E-state index contributed by atoms with van der Waals surface area (Å²) in [6, 6.07) is 10.2. The zero-order chi connectivity index (χ0) is 15.8. The second kappa shape index (κ2) is 10.3. The van der Waals surface area contributed by atoms with Crippen LogP contribution in [0.4, 0.5) is 0 Å². The summed E-state index contributed by atoms with van der Waals surface area (Å²) < 4.78 is 0. The van der Waals surface area contributed by atoms with Gasteiger partial charge in [0.25, 0.3) is 0 Å². The number of H-pyrrole nitrogens is 1. The topological polar surface area (TPSA) is 65.1 Å². The van der Waals surface area contributed by atoms with Gasteiger partial charge < -0.3 is 15.6 Å². The van der Waals surface area contributed by atoms with E-state index in [4.69, 9.17) is 0 Å². The highest BCUT2D eigenvalue weighted by Crippen LogP contribution is 2.16. The molecule has 5 nitrogen and oxygen atoms in total. The molecule has 0 atom stereocenters. The van der Waals surface area contributed by atoms with Gasteiger partial charge in [0.05, 0.1) is 11.9 Å². The van der Waals surface area contributed by atoms with E-state index in [9.17, 15) is 0 Å². The summed E-state index contributed by atoms with van der Waals surface area (Å²) >= 11 is 0. The number of imidazole rings is 1. The fraction of sp³-hybridized carbons (Fsp3) is 0.412. The minimum absolute atomic E-state index is 0. The molecular formula is C17H26IN5. The number of aliphatic imine (C=N–C) groups is 1. The second-order valence-electron chi connectivity index (χ2n) is 5.58. The van der Waals surface area contributed by atoms with Gasteiger partial charge >= 0.3 is 0 Å². The van der Waals surface area contributed by atoms with Crippen LogP contribution < -0.4 is 10.6 Å². The Hall–Kier alpha value is -1.57. The van der Waals surface area contributed by atoms with Crippen molar-refractivity contribution < 1.29 is 0 Å². The van der Waals surface area contributed by atoms with Gasteiger partial charge in [-0.2, -0.15) is 0 Å². The number of halogens is 1. The number of aromatic nitrogens is 2. The van der Waals surface area contributed by atoms with Crippen LogP contribution in [0.25, 0.3) is 11.3 Å². The summed E-state index contributed by atoms with van der Waals surface area (Å²) in [7, 11) is 0. The third-order valence-electron chi connectivity index (χ3n) is 3.12. The van der Waals surface area contributed by atoms with Crippen molar-refractivity contribution >= 4 is 29.9 Å². The van der Waals surface area contributed by atoms with Crippen molar-refractivity contribution in [2.75, 3.05) is 13.1 Å². The first-order valence-corrected chi connectivity index (χ1v) is 7.80. The molecule has 23 heavy (non-hydrogen) atoms. The van der Waals surface area contributed by atoms with Crippen molar-refractivity contribution in [3.05, 3.63) is 42.4 Å². The third-order valence-corrected chi connectivity index (χ3v) is 3.12. The average Bonchev–Trinajstić information content (AvgIpc) is 3.00. The molecule has 0 amide bonds. The molecule has 0 unspecified atom stereocenters. The van der Waals surface area contributed by atoms with Crippen LogP contribution in [0.5, 0.6) is 0 Å². The Balaban J connectivity index is 0.00000264. The minimum Gasteiger partial charge on any atom is -0.357 e. The molecule has 3 N–H and O–H groups in total. The summed E-state index contributed by atoms with van der Waals surface area (Å²) in [5, 5.41) is 6.57. The molecule has 0 aliphatic rings. The molecule has 1 heterocycles. The van der Waals surface area contributed by atoms with Crippen LogP contribution in [0, 0.1) is 5.92 Å². The minimum atomic E-state index is 0. The highest BCUT2D eigenvalue weighted by molar-refractivity contribution is 14.0. The van der Waals surface area contributed by atoms with Crippen molar-refractivity contribution in [3.63, 3.8) is 0 Å². The first kappa shape index (κ1) is 19.5. The van der Waals surface area contributed by atoms with Crippen LogP contribution in [0.1, 0.15) is 26.6 Å². The highest BCUT2D eigenvalue weighted by atomic mass is 127. The molecule has 0 aliphatic heterocycles. The Morgan fingerprint density at radius 3 is 2.61 bits per heavy atom. The summed E-state index contributed by atoms with van der Waals surface area (Å²) in [5.41, 5.74) is 2.15. The predicted molar refractivity (Wildman–Crippen MR) is 107 cm³/mol. The summed E-state index contributed by atoms with van der Waals surface area (Å²) in [6.07, 6.45) is 1.86. The fourth-order valence-electron chi connectivity index (χ4n) is 2.00. The van der Waals surface area contributed by atoms with E-state index in [1.54, 1.807) is 0 Å². The van der Waals surface area contributed by atoms with Crippen LogP contribution in [-0.2, 0) is 6.54 Å². The lowest BCUT2D eigenvalue weighted by molar-refractivity contribution is 0.614. The SMILES string of the molecule is CCNC(=NCc1ncc(-c2ccccc2)[nH]1)NCC(C)C.I. The Labute approximate surface area is 155 Å². The number of hydrogen-bond donors (Lipinski definition) is 3. The quantitative estimate of drug-likeness (QED) is 0.376. The Kier molecular flexibility index (Phi) is 8.68. The van der Waals surface area contributed by atoms with Crippen LogP contribution in [-0.4, -0.2) is 29.0 Å². The monoisotopic (exact) mass is 427 g/mol. The van der Waals surface area contributed by atoms with Crippen LogP contribution in [0.3, 0.4) is 0 Å². The Morgan fingerprint density at radius 2 is 1.96 bits per heavy atom. The fourth-order valence-corrected chi connectivity index (χ4v) is 2.00. The van der Waals surface area contributed by atoms with Gasteiger partial charge in [0, 0.05) is 13.1 Å². The molecule has 2 rings (SSSR count). The summed E-state index contributed by atoms with van der Waals surface area (Å²) in [6.45, 7) is 8.69. The number of rotatable bonds is 6. The van der Waals surface area contributed by atoms with Crippen molar-refractivity contribution in [3.8, 4) is 11.3 Å². The molecule has 1 aromatic carbocycles. The van der Waals surface area contributed by atoms with E-state index in [0.717, 1.165) is 36.1 Å². The van der Waals surface area contributed by atoms with Crippen molar-refractivity contribution in [2.24, 2.45) is 10.9 Å². The van der Waals surface area contributed by atoms with Crippen molar-refractivity contribution in [1.29, 1.82) is 0 Å². The highest BCUT2D eigenvalue weighted by Gasteiger charge is 2.03. The maximum absolute atomic E-state index is 4.56. The molecule has 0 aliphatic carbocycles. The van der Waals surface area contributed by atoms with Gasteiger partial charge in [0.1, 0.15) is 12.4 Å². The molecule has 0 spiro atoms. The first-order valence-electron chi connectivity index (χ1n) is 7.80. The van der Waals surface area contributed by atoms with Gasteiger partial charge in [0.2, 0.25) is 0 Å². The number of benzene rings is 1. The zero-order valence-corrected chi connectivity index (χ0v) is 16.3. The molecule has 0 fully saturated rings. The molecule has 0 saturated heterocycles. The smallest absolute Gasteiger partial charge is 0.191 e. The molecule has 126 valence electrons. The number of guanidine groups is 1. The van der Waals surface area contributed by atoms with Crippen LogP contribution in [0.15, 0.2) is 41.5 Å². The second-order valence-corrected chi connectivity index (χ2v) is 5.58. The molecular weight excluding hydrogens is 401 g/mol. The predicted octanol–water partition coefficient (Wildman–Crippen LogP) is 3.41. The normalized spacial score (nSPS) is 11.2. The molecule has 2 aromatic rings. The van der Waals surface area contributed by atoms with Gasteiger partial charge in [-0.1, -0.05) is 44.2 Å². The van der Waals surface area contributed by atoms with Gasteiger partial charge in [-0.15, -0.1) is 24.0 Å². The average molecular weight is 427 g/mol. The standard InChI is InChI=1S/C17H25N5.HI/c1-4-18-17(20-10-13(2)3)21-12-16-19-11-15(22-16)14-8-6-5-7-9-14;/h5-9,11,13H,4,10,12H2,1-3H3,(H,19,22)(H2,18,20,21);1H. The van der Waals surface area contributed by atoms with Crippen LogP contribution >= 0.6 is 24.0 Å². The van der Waals surface area contributed by atoms with Gasteiger partial charge in [-0.05, 0) is 18.4 Å². The van der Waals surface area contributed by atoms with E-state index in [1.807, 2.05) is 24.4 Å². The van der Waals surface area contributed by atoms with E-state index >= 15 is 0 Å². The molecule has 0 saturated carbocycles. The first-order chi connectivity index (χ1) is 10.7. The summed E-state index contributed by atoms with van der Waals surface area (Å²) in [5.74, 6) is 2.27. The van der Waals surface area contributed by atoms with Crippen molar-refractivity contribution in [1.82, 2.24) is 20.6 Å². The van der Waals surface area contributed by atoms with Gasteiger partial charge in [-0.25, -0.2) is 9.98 Å². The molecule has 0 radical (unpaired) electrons. The van der Waals surface area contributed by atoms with E-state index < -0.39 is 0 Å². The lowest BCUT2D eigenvalue weighted by atomic mass is 10.2. The van der Waals surface area contributed by atoms with E-state index in [2.05, 4.69) is 58.5 Å². The van der Waals surface area contributed by atoms with Gasteiger partial charge in [-0.3, -0.25) is 0 Å². The van der Waals surface area contributed by atoms with E-state index in [-0.39, 0.29) is 24.0 Å². The lowest BCUT2D eigenvalue weighted by Crippen LogP contribution is -2.39. The molecule has 6 heteroatoms. The largest absolute Gasteiger partial charge is 0.357 e. The number of aromatic amines is 1. The van der Waals surface area contributed by atoms with E-state index in [0.29, 0.717) is 12.5 Å². The number of nitrogens with zero attached hydrogens (tertiary/aromatic N) is 2. The van der Waals surface area contributed by atoms with E-state index in [1.165, 1.54) is 0 Å². The number of nitrogens with one attached hydrogen (secondary N) is 3. The zero-order valence-electron chi connectivity index (χ0n) is 14.0. The van der Waals surface area contributed by atoms with Crippen LogP contribution in [0.2, 0.25) is 0 Å². The van der Waals surface area contributed by atoms with Crippen molar-refractivity contribution in [2.45, 2.75) is 27.3 Å². The third kappa shape index (κ3) is 6.60. The summed E-state index contributed by atoms with van der Waals surface area (Å²) in [4.78, 5) is 12.3. The number of hydrogen-bond acceptors (Lipinski definition) is 2. The lowest BCUT2D eigenvalue weighted by Gasteiger charge is -2.12. The Bertz CT molecular complexity index is 592.